The number of benzene rings is 1. The Morgan fingerprint density at radius 1 is 1.21 bits per heavy atom. The molecule has 0 bridgehead atoms. The van der Waals surface area contributed by atoms with Crippen LogP contribution in [0, 0.1) is 0 Å². The topological polar surface area (TPSA) is 41.1 Å². The average molecular weight is 357 g/mol. The van der Waals surface area contributed by atoms with E-state index >= 15 is 0 Å². The fourth-order valence-corrected chi connectivity index (χ4v) is 3.31. The Morgan fingerprint density at radius 3 is 2.71 bits per heavy atom. The van der Waals surface area contributed by atoms with E-state index in [0.29, 0.717) is 30.9 Å². The van der Waals surface area contributed by atoms with Gasteiger partial charge in [-0.15, -0.1) is 0 Å². The van der Waals surface area contributed by atoms with Crippen molar-refractivity contribution in [1.29, 1.82) is 0 Å². The van der Waals surface area contributed by atoms with Crippen molar-refractivity contribution in [3.05, 3.63) is 53.9 Å². The number of piperidine rings is 1. The first-order chi connectivity index (χ1) is 11.4. The highest BCUT2D eigenvalue weighted by molar-refractivity contribution is 6.13. The first-order valence-electron chi connectivity index (χ1n) is 7.53. The number of hydrogen-bond donors (Lipinski definition) is 1. The van der Waals surface area contributed by atoms with Gasteiger partial charge in [0.2, 0.25) is 0 Å². The van der Waals surface area contributed by atoms with Crippen LogP contribution in [0.25, 0.3) is 0 Å². The summed E-state index contributed by atoms with van der Waals surface area (Å²) in [4.78, 5) is 0. The van der Waals surface area contributed by atoms with E-state index in [9.17, 15) is 13.2 Å². The number of aromatic nitrogens is 2. The third kappa shape index (κ3) is 3.62. The molecule has 2 heterocycles. The van der Waals surface area contributed by atoms with E-state index in [1.807, 2.05) is 6.07 Å². The highest BCUT2D eigenvalue weighted by Gasteiger charge is 2.39. The molecule has 0 amide bonds. The standard InChI is InChI=1S/C16H16ClF3N4/c17-24-9-3-7-15(11-24,14-6-2-8-21-23-14)22-13-5-1-4-12(10-13)16(18,19)20/h1-2,4-6,8,10,22H,3,7,9,11H2. The molecular weight excluding hydrogens is 341 g/mol. The van der Waals surface area contributed by atoms with Crippen LogP contribution in [-0.4, -0.2) is 27.7 Å². The van der Waals surface area contributed by atoms with E-state index in [-0.39, 0.29) is 0 Å². The van der Waals surface area contributed by atoms with Crippen molar-refractivity contribution in [2.45, 2.75) is 24.6 Å². The summed E-state index contributed by atoms with van der Waals surface area (Å²) in [6.45, 7) is 1.14. The van der Waals surface area contributed by atoms with Gasteiger partial charge in [-0.3, -0.25) is 0 Å². The maximum absolute atomic E-state index is 12.9. The molecule has 1 aromatic heterocycles. The van der Waals surface area contributed by atoms with E-state index in [2.05, 4.69) is 15.5 Å². The Labute approximate surface area is 142 Å². The van der Waals surface area contributed by atoms with E-state index in [0.717, 1.165) is 18.6 Å². The molecule has 0 aliphatic carbocycles. The predicted molar refractivity (Wildman–Crippen MR) is 85.4 cm³/mol. The second kappa shape index (κ2) is 6.57. The molecule has 1 aromatic carbocycles. The summed E-state index contributed by atoms with van der Waals surface area (Å²) in [6.07, 6.45) is -1.33. The van der Waals surface area contributed by atoms with Crippen molar-refractivity contribution in [3.8, 4) is 0 Å². The van der Waals surface area contributed by atoms with Gasteiger partial charge in [0.1, 0.15) is 0 Å². The molecule has 3 rings (SSSR count). The lowest BCUT2D eigenvalue weighted by Gasteiger charge is -2.41. The highest BCUT2D eigenvalue weighted by atomic mass is 35.5. The quantitative estimate of drug-likeness (QED) is 0.842. The molecule has 1 N–H and O–H groups in total. The van der Waals surface area contributed by atoms with Crippen molar-refractivity contribution >= 4 is 17.5 Å². The maximum atomic E-state index is 12.9. The van der Waals surface area contributed by atoms with Crippen molar-refractivity contribution in [3.63, 3.8) is 0 Å². The summed E-state index contributed by atoms with van der Waals surface area (Å²) < 4.78 is 40.5. The Hall–Kier alpha value is -1.86. The van der Waals surface area contributed by atoms with Crippen LogP contribution >= 0.6 is 11.8 Å². The van der Waals surface area contributed by atoms with Gasteiger partial charge in [-0.25, -0.2) is 4.42 Å². The van der Waals surface area contributed by atoms with Crippen LogP contribution in [-0.2, 0) is 11.7 Å². The van der Waals surface area contributed by atoms with Gasteiger partial charge in [0.25, 0.3) is 0 Å². The summed E-state index contributed by atoms with van der Waals surface area (Å²) in [7, 11) is 0. The zero-order valence-corrected chi connectivity index (χ0v) is 13.5. The molecular formula is C16H16ClF3N4. The summed E-state index contributed by atoms with van der Waals surface area (Å²) in [5, 5.41) is 11.3. The minimum absolute atomic E-state index is 0.377. The monoisotopic (exact) mass is 356 g/mol. The van der Waals surface area contributed by atoms with Crippen LogP contribution < -0.4 is 5.32 Å². The minimum atomic E-state index is -4.39. The van der Waals surface area contributed by atoms with Crippen LogP contribution in [0.5, 0.6) is 0 Å². The average Bonchev–Trinajstić information content (AvgIpc) is 2.55. The summed E-state index contributed by atoms with van der Waals surface area (Å²) in [6, 6.07) is 8.71. The smallest absolute Gasteiger partial charge is 0.373 e. The van der Waals surface area contributed by atoms with Gasteiger partial charge in [0.05, 0.1) is 16.8 Å². The molecule has 1 aliphatic heterocycles. The van der Waals surface area contributed by atoms with Crippen molar-refractivity contribution in [2.24, 2.45) is 0 Å². The second-order valence-corrected chi connectivity index (χ2v) is 6.32. The fourth-order valence-electron chi connectivity index (χ4n) is 2.98. The van der Waals surface area contributed by atoms with Crippen LogP contribution in [0.1, 0.15) is 24.1 Å². The van der Waals surface area contributed by atoms with Gasteiger partial charge in [0, 0.05) is 25.0 Å². The molecule has 128 valence electrons. The SMILES string of the molecule is FC(F)(F)c1cccc(NC2(c3cccnn3)CCCN(Cl)C2)c1. The number of nitrogens with zero attached hydrogens (tertiary/aromatic N) is 3. The van der Waals surface area contributed by atoms with Crippen LogP contribution in [0.2, 0.25) is 0 Å². The zero-order valence-electron chi connectivity index (χ0n) is 12.7. The number of alkyl halides is 3. The third-order valence-corrected chi connectivity index (χ3v) is 4.37. The lowest BCUT2D eigenvalue weighted by Crippen LogP contribution is -2.48. The largest absolute Gasteiger partial charge is 0.416 e. The molecule has 1 aliphatic rings. The zero-order chi connectivity index (χ0) is 17.2. The van der Waals surface area contributed by atoms with Gasteiger partial charge in [-0.05, 0) is 55.0 Å². The van der Waals surface area contributed by atoms with Gasteiger partial charge in [-0.1, -0.05) is 6.07 Å². The molecule has 1 saturated heterocycles. The van der Waals surface area contributed by atoms with Gasteiger partial charge < -0.3 is 5.32 Å². The van der Waals surface area contributed by atoms with Crippen molar-refractivity contribution < 1.29 is 13.2 Å². The van der Waals surface area contributed by atoms with Crippen LogP contribution in [0.3, 0.4) is 0 Å². The molecule has 8 heteroatoms. The first-order valence-corrected chi connectivity index (χ1v) is 7.87. The summed E-state index contributed by atoms with van der Waals surface area (Å²) in [5.74, 6) is 0. The lowest BCUT2D eigenvalue weighted by atomic mass is 9.86. The molecule has 2 aromatic rings. The van der Waals surface area contributed by atoms with E-state index < -0.39 is 17.3 Å². The molecule has 1 unspecified atom stereocenters. The molecule has 0 spiro atoms. The number of anilines is 1. The van der Waals surface area contributed by atoms with E-state index in [1.165, 1.54) is 6.07 Å². The Morgan fingerprint density at radius 2 is 2.04 bits per heavy atom. The van der Waals surface area contributed by atoms with Crippen LogP contribution in [0.4, 0.5) is 18.9 Å². The third-order valence-electron chi connectivity index (χ3n) is 4.08. The highest BCUT2D eigenvalue weighted by Crippen LogP contribution is 2.36. The number of nitrogens with one attached hydrogen (secondary N) is 1. The number of halogens is 4. The molecule has 0 radical (unpaired) electrons. The van der Waals surface area contributed by atoms with Crippen LogP contribution in [0.15, 0.2) is 42.6 Å². The normalized spacial score (nSPS) is 22.3. The fraction of sp³-hybridized carbons (Fsp3) is 0.375. The summed E-state index contributed by atoms with van der Waals surface area (Å²) in [5.41, 5.74) is -0.339. The van der Waals surface area contributed by atoms with E-state index in [4.69, 9.17) is 11.8 Å². The minimum Gasteiger partial charge on any atom is -0.373 e. The number of hydrogen-bond acceptors (Lipinski definition) is 4. The second-order valence-electron chi connectivity index (χ2n) is 5.84. The van der Waals surface area contributed by atoms with Gasteiger partial charge in [-0.2, -0.15) is 23.4 Å². The Kier molecular flexibility index (Phi) is 4.64. The van der Waals surface area contributed by atoms with Crippen molar-refractivity contribution in [1.82, 2.24) is 14.6 Å². The Balaban J connectivity index is 1.96. The molecule has 1 fully saturated rings. The lowest BCUT2D eigenvalue weighted by molar-refractivity contribution is -0.137. The van der Waals surface area contributed by atoms with Gasteiger partial charge in [0.15, 0.2) is 0 Å². The van der Waals surface area contributed by atoms with Crippen molar-refractivity contribution in [2.75, 3.05) is 18.4 Å². The predicted octanol–water partition coefficient (Wildman–Crippen LogP) is 4.05. The number of rotatable bonds is 3. The summed E-state index contributed by atoms with van der Waals surface area (Å²) >= 11 is 6.19. The van der Waals surface area contributed by atoms with Gasteiger partial charge >= 0.3 is 6.18 Å². The van der Waals surface area contributed by atoms with E-state index in [1.54, 1.807) is 22.7 Å². The molecule has 1 atom stereocenters. The first kappa shape index (κ1) is 17.0. The maximum Gasteiger partial charge on any atom is 0.416 e. The Bertz CT molecular complexity index is 695. The molecule has 4 nitrogen and oxygen atoms in total. The molecule has 0 saturated carbocycles. The molecule has 24 heavy (non-hydrogen) atoms.